The second-order valence-electron chi connectivity index (χ2n) is 2.21. The van der Waals surface area contributed by atoms with Gasteiger partial charge in [0.2, 0.25) is 0 Å². The van der Waals surface area contributed by atoms with Crippen LogP contribution >= 0.6 is 22.6 Å². The van der Waals surface area contributed by atoms with Gasteiger partial charge in [0.1, 0.15) is 9.48 Å². The zero-order valence-electron chi connectivity index (χ0n) is 6.90. The predicted octanol–water partition coefficient (Wildman–Crippen LogP) is 2.56. The minimum Gasteiger partial charge on any atom is -0.463 e. The summed E-state index contributed by atoms with van der Waals surface area (Å²) in [7, 11) is 0. The van der Waals surface area contributed by atoms with Crippen molar-refractivity contribution in [1.82, 2.24) is 0 Å². The van der Waals surface area contributed by atoms with Gasteiger partial charge in [-0.15, -0.1) is 0 Å². The van der Waals surface area contributed by atoms with E-state index < -0.39 is 0 Å². The van der Waals surface area contributed by atoms with Gasteiger partial charge in [-0.05, 0) is 40.8 Å². The molecule has 0 aliphatic rings. The molecule has 68 valence electrons. The van der Waals surface area contributed by atoms with Gasteiger partial charge in [-0.1, -0.05) is 6.58 Å². The summed E-state index contributed by atoms with van der Waals surface area (Å²) in [6.07, 6.45) is 4.77. The fourth-order valence-electron chi connectivity index (χ4n) is 0.767. The molecule has 0 spiro atoms. The maximum Gasteiger partial charge on any atom is 0.149 e. The lowest BCUT2D eigenvalue weighted by Crippen LogP contribution is -1.96. The Morgan fingerprint density at radius 2 is 2.46 bits per heavy atom. The molecular formula is C9H9IN2O. The topological polar surface area (TPSA) is 51.5 Å². The summed E-state index contributed by atoms with van der Waals surface area (Å²) < 4.78 is 5.86. The van der Waals surface area contributed by atoms with E-state index in [4.69, 9.17) is 10.2 Å². The van der Waals surface area contributed by atoms with E-state index in [2.05, 4.69) is 34.2 Å². The van der Waals surface area contributed by atoms with E-state index in [0.29, 0.717) is 11.5 Å². The Balaban J connectivity index is 2.84. The molecule has 0 saturated heterocycles. The zero-order chi connectivity index (χ0) is 9.68. The summed E-state index contributed by atoms with van der Waals surface area (Å²) in [6, 6.07) is 3.58. The molecule has 0 aliphatic heterocycles. The lowest BCUT2D eigenvalue weighted by atomic mass is 10.3. The van der Waals surface area contributed by atoms with Gasteiger partial charge < -0.3 is 10.2 Å². The highest BCUT2D eigenvalue weighted by Crippen LogP contribution is 2.10. The van der Waals surface area contributed by atoms with E-state index in [1.807, 2.05) is 0 Å². The van der Waals surface area contributed by atoms with Crippen LogP contribution in [0.2, 0.25) is 0 Å². The van der Waals surface area contributed by atoms with Crippen molar-refractivity contribution in [1.29, 1.82) is 0 Å². The lowest BCUT2D eigenvalue weighted by molar-refractivity contribution is 0.552. The molecule has 1 heterocycles. The van der Waals surface area contributed by atoms with Crippen molar-refractivity contribution < 1.29 is 4.42 Å². The van der Waals surface area contributed by atoms with E-state index >= 15 is 0 Å². The molecular weight excluding hydrogens is 279 g/mol. The van der Waals surface area contributed by atoms with Gasteiger partial charge in [-0.2, -0.15) is 0 Å². The fraction of sp³-hybridized carbons (Fsp3) is 0. The van der Waals surface area contributed by atoms with Gasteiger partial charge in [0.15, 0.2) is 0 Å². The third kappa shape index (κ3) is 3.06. The number of allylic oxidation sites excluding steroid dienone is 1. The Hall–Kier alpha value is -1.04. The van der Waals surface area contributed by atoms with Crippen LogP contribution in [0.15, 0.2) is 46.7 Å². The average molecular weight is 288 g/mol. The highest BCUT2D eigenvalue weighted by atomic mass is 127. The minimum absolute atomic E-state index is 0.556. The molecule has 0 unspecified atom stereocenters. The quantitative estimate of drug-likeness (QED) is 0.686. The third-order valence-electron chi connectivity index (χ3n) is 1.29. The van der Waals surface area contributed by atoms with E-state index in [1.165, 1.54) is 6.20 Å². The molecule has 1 aromatic heterocycles. The van der Waals surface area contributed by atoms with Crippen molar-refractivity contribution in [2.75, 3.05) is 0 Å². The van der Waals surface area contributed by atoms with E-state index in [1.54, 1.807) is 24.5 Å². The Morgan fingerprint density at radius 1 is 1.69 bits per heavy atom. The van der Waals surface area contributed by atoms with Crippen molar-refractivity contribution >= 4 is 32.0 Å². The summed E-state index contributed by atoms with van der Waals surface area (Å²) >= 11 is 2.06. The molecule has 0 saturated carbocycles. The lowest BCUT2D eigenvalue weighted by Gasteiger charge is -1.94. The van der Waals surface area contributed by atoms with Crippen LogP contribution in [0.4, 0.5) is 0 Å². The third-order valence-corrected chi connectivity index (χ3v) is 1.88. The maximum atomic E-state index is 5.72. The molecule has 0 bridgehead atoms. The second kappa shape index (κ2) is 4.86. The van der Waals surface area contributed by atoms with Crippen molar-refractivity contribution in [2.24, 2.45) is 10.7 Å². The van der Waals surface area contributed by atoms with Crippen LogP contribution < -0.4 is 5.73 Å². The number of nitrogens with two attached hydrogens (primary N) is 1. The summed E-state index contributed by atoms with van der Waals surface area (Å²) in [4.78, 5) is 3.94. The number of nitrogens with zero attached hydrogens (tertiary/aromatic N) is 1. The Labute approximate surface area is 90.2 Å². The zero-order valence-corrected chi connectivity index (χ0v) is 9.06. The highest BCUT2D eigenvalue weighted by molar-refractivity contribution is 14.1. The average Bonchev–Trinajstić information content (AvgIpc) is 2.55. The van der Waals surface area contributed by atoms with Crippen molar-refractivity contribution in [3.63, 3.8) is 0 Å². The fourth-order valence-corrected chi connectivity index (χ4v) is 1.30. The first-order valence-corrected chi connectivity index (χ1v) is 4.67. The summed E-state index contributed by atoms with van der Waals surface area (Å²) in [5, 5.41) is 0. The van der Waals surface area contributed by atoms with Crippen LogP contribution in [-0.2, 0) is 0 Å². The maximum absolute atomic E-state index is 5.72. The number of aliphatic imine (C=N–C) groups is 1. The molecule has 2 N–H and O–H groups in total. The van der Waals surface area contributed by atoms with E-state index in [9.17, 15) is 0 Å². The SMILES string of the molecule is C=CN=C(I)/C=C(\N)c1ccco1. The van der Waals surface area contributed by atoms with Crippen LogP contribution in [0.3, 0.4) is 0 Å². The molecule has 0 amide bonds. The Bertz CT molecular complexity index is 339. The first kappa shape index (κ1) is 10.0. The van der Waals surface area contributed by atoms with E-state index in [0.717, 1.165) is 3.72 Å². The van der Waals surface area contributed by atoms with Crippen LogP contribution in [0.25, 0.3) is 5.70 Å². The molecule has 4 heteroatoms. The highest BCUT2D eigenvalue weighted by Gasteiger charge is 1.98. The Kier molecular flexibility index (Phi) is 3.75. The molecule has 0 fully saturated rings. The van der Waals surface area contributed by atoms with Gasteiger partial charge in [0.25, 0.3) is 0 Å². The summed E-state index contributed by atoms with van der Waals surface area (Å²) in [6.45, 7) is 3.48. The molecule has 0 aliphatic carbocycles. The number of halogens is 1. The molecule has 13 heavy (non-hydrogen) atoms. The van der Waals surface area contributed by atoms with Crippen LogP contribution in [0.1, 0.15) is 5.76 Å². The number of hydrogen-bond donors (Lipinski definition) is 1. The van der Waals surface area contributed by atoms with Crippen molar-refractivity contribution in [3.8, 4) is 0 Å². The summed E-state index contributed by atoms with van der Waals surface area (Å²) in [5.41, 5.74) is 6.27. The normalized spacial score (nSPS) is 13.0. The molecule has 0 atom stereocenters. The predicted molar refractivity (Wildman–Crippen MR) is 62.5 cm³/mol. The molecule has 1 rings (SSSR count). The number of furan rings is 1. The van der Waals surface area contributed by atoms with Crippen LogP contribution in [0, 0.1) is 0 Å². The molecule has 0 radical (unpaired) electrons. The van der Waals surface area contributed by atoms with E-state index in [-0.39, 0.29) is 0 Å². The van der Waals surface area contributed by atoms with Gasteiger partial charge in [0.05, 0.1) is 12.0 Å². The van der Waals surface area contributed by atoms with Crippen LogP contribution in [0.5, 0.6) is 0 Å². The van der Waals surface area contributed by atoms with Crippen molar-refractivity contribution in [2.45, 2.75) is 0 Å². The monoisotopic (exact) mass is 288 g/mol. The first-order chi connectivity index (χ1) is 6.24. The Morgan fingerprint density at radius 3 is 3.00 bits per heavy atom. The largest absolute Gasteiger partial charge is 0.463 e. The van der Waals surface area contributed by atoms with Gasteiger partial charge in [-0.25, -0.2) is 0 Å². The van der Waals surface area contributed by atoms with Gasteiger partial charge >= 0.3 is 0 Å². The molecule has 1 aromatic rings. The number of hydrogen-bond acceptors (Lipinski definition) is 3. The van der Waals surface area contributed by atoms with Gasteiger partial charge in [-0.3, -0.25) is 4.99 Å². The van der Waals surface area contributed by atoms with Crippen LogP contribution in [-0.4, -0.2) is 3.72 Å². The second-order valence-corrected chi connectivity index (χ2v) is 3.32. The standard InChI is InChI=1S/C9H9IN2O/c1-2-12-9(10)6-7(11)8-4-3-5-13-8/h2-6H,1,11H2/b7-6-,12-9?. The van der Waals surface area contributed by atoms with Crippen molar-refractivity contribution in [3.05, 3.63) is 43.0 Å². The summed E-state index contributed by atoms with van der Waals surface area (Å²) in [5.74, 6) is 0.647. The molecule has 0 aromatic carbocycles. The minimum atomic E-state index is 0.556. The first-order valence-electron chi connectivity index (χ1n) is 3.59. The smallest absolute Gasteiger partial charge is 0.149 e. The van der Waals surface area contributed by atoms with Gasteiger partial charge in [0, 0.05) is 6.20 Å². The number of rotatable bonds is 3. The molecule has 3 nitrogen and oxygen atoms in total.